The molecule has 2 rings (SSSR count). The van der Waals surface area contributed by atoms with Crippen molar-refractivity contribution in [3.8, 4) is 5.75 Å². The first kappa shape index (κ1) is 12.6. The lowest BCUT2D eigenvalue weighted by Gasteiger charge is -2.17. The van der Waals surface area contributed by atoms with E-state index in [9.17, 15) is 0 Å². The van der Waals surface area contributed by atoms with E-state index in [0.717, 1.165) is 28.1 Å². The van der Waals surface area contributed by atoms with Crippen LogP contribution in [0.5, 0.6) is 5.75 Å². The molecule has 3 nitrogen and oxygen atoms in total. The van der Waals surface area contributed by atoms with E-state index < -0.39 is 0 Å². The van der Waals surface area contributed by atoms with E-state index in [1.165, 1.54) is 0 Å². The summed E-state index contributed by atoms with van der Waals surface area (Å²) >= 11 is 0. The normalized spacial score (nSPS) is 12.2. The summed E-state index contributed by atoms with van der Waals surface area (Å²) < 4.78 is 5.38. The number of nitrogens with two attached hydrogens (primary N) is 1. The molecular weight excluding hydrogens is 224 g/mol. The van der Waals surface area contributed by atoms with E-state index in [1.54, 1.807) is 13.3 Å². The standard InChI is InChI=1S/C15H18N2O/c1-10-6-7-13(18-3)12(9-10)14(16)15-11(2)5-4-8-17-15/h4-9,14H,16H2,1-3H3. The van der Waals surface area contributed by atoms with Crippen LogP contribution in [0.15, 0.2) is 36.5 Å². The number of pyridine rings is 1. The summed E-state index contributed by atoms with van der Waals surface area (Å²) in [5.41, 5.74) is 10.4. The predicted molar refractivity (Wildman–Crippen MR) is 72.7 cm³/mol. The van der Waals surface area contributed by atoms with Crippen LogP contribution in [0.4, 0.5) is 0 Å². The van der Waals surface area contributed by atoms with Gasteiger partial charge < -0.3 is 10.5 Å². The molecule has 1 aromatic carbocycles. The molecular formula is C15H18N2O. The number of aromatic nitrogens is 1. The predicted octanol–water partition coefficient (Wildman–Crippen LogP) is 2.76. The molecule has 0 amide bonds. The fraction of sp³-hybridized carbons (Fsp3) is 0.267. The van der Waals surface area contributed by atoms with Gasteiger partial charge in [0, 0.05) is 11.8 Å². The largest absolute Gasteiger partial charge is 0.496 e. The zero-order valence-electron chi connectivity index (χ0n) is 11.0. The van der Waals surface area contributed by atoms with Gasteiger partial charge in [-0.25, -0.2) is 0 Å². The maximum Gasteiger partial charge on any atom is 0.124 e. The summed E-state index contributed by atoms with van der Waals surface area (Å²) in [6.07, 6.45) is 1.77. The molecule has 3 heteroatoms. The maximum atomic E-state index is 6.32. The maximum absolute atomic E-state index is 6.32. The minimum atomic E-state index is -0.263. The fourth-order valence-electron chi connectivity index (χ4n) is 2.07. The SMILES string of the molecule is COc1ccc(C)cc1C(N)c1ncccc1C. The van der Waals surface area contributed by atoms with Crippen molar-refractivity contribution in [2.75, 3.05) is 7.11 Å². The number of nitrogens with zero attached hydrogens (tertiary/aromatic N) is 1. The third-order valence-electron chi connectivity index (χ3n) is 3.06. The summed E-state index contributed by atoms with van der Waals surface area (Å²) in [7, 11) is 1.66. The van der Waals surface area contributed by atoms with Gasteiger partial charge in [-0.05, 0) is 31.5 Å². The molecule has 0 fully saturated rings. The Kier molecular flexibility index (Phi) is 3.63. The van der Waals surface area contributed by atoms with Crippen molar-refractivity contribution in [3.63, 3.8) is 0 Å². The summed E-state index contributed by atoms with van der Waals surface area (Å²) in [4.78, 5) is 4.38. The number of rotatable bonds is 3. The minimum Gasteiger partial charge on any atom is -0.496 e. The van der Waals surface area contributed by atoms with E-state index in [0.29, 0.717) is 0 Å². The van der Waals surface area contributed by atoms with Crippen LogP contribution in [0.2, 0.25) is 0 Å². The Morgan fingerprint density at radius 1 is 1.22 bits per heavy atom. The van der Waals surface area contributed by atoms with Crippen molar-refractivity contribution in [3.05, 3.63) is 58.9 Å². The van der Waals surface area contributed by atoms with Gasteiger partial charge in [-0.1, -0.05) is 23.8 Å². The molecule has 0 aliphatic heterocycles. The molecule has 1 aromatic heterocycles. The van der Waals surface area contributed by atoms with Crippen LogP contribution in [0.1, 0.15) is 28.4 Å². The Balaban J connectivity index is 2.48. The highest BCUT2D eigenvalue weighted by molar-refractivity contribution is 5.43. The quantitative estimate of drug-likeness (QED) is 0.900. The molecule has 0 radical (unpaired) electrons. The van der Waals surface area contributed by atoms with Gasteiger partial charge in [0.05, 0.1) is 18.8 Å². The highest BCUT2D eigenvalue weighted by atomic mass is 16.5. The van der Waals surface area contributed by atoms with E-state index >= 15 is 0 Å². The first-order chi connectivity index (χ1) is 8.63. The number of ether oxygens (including phenoxy) is 1. The van der Waals surface area contributed by atoms with Gasteiger partial charge in [0.1, 0.15) is 5.75 Å². The summed E-state index contributed by atoms with van der Waals surface area (Å²) in [6, 6.07) is 9.69. The van der Waals surface area contributed by atoms with E-state index in [-0.39, 0.29) is 6.04 Å². The minimum absolute atomic E-state index is 0.263. The van der Waals surface area contributed by atoms with Gasteiger partial charge in [0.15, 0.2) is 0 Å². The number of hydrogen-bond acceptors (Lipinski definition) is 3. The number of aryl methyl sites for hydroxylation is 2. The Morgan fingerprint density at radius 2 is 2.00 bits per heavy atom. The van der Waals surface area contributed by atoms with Crippen LogP contribution < -0.4 is 10.5 Å². The lowest BCUT2D eigenvalue weighted by Crippen LogP contribution is -2.16. The van der Waals surface area contributed by atoms with Crippen molar-refractivity contribution < 1.29 is 4.74 Å². The Hall–Kier alpha value is -1.87. The average molecular weight is 242 g/mol. The molecule has 0 spiro atoms. The fourth-order valence-corrected chi connectivity index (χ4v) is 2.07. The van der Waals surface area contributed by atoms with Crippen molar-refractivity contribution >= 4 is 0 Å². The van der Waals surface area contributed by atoms with Crippen molar-refractivity contribution in [1.82, 2.24) is 4.98 Å². The average Bonchev–Trinajstić information content (AvgIpc) is 2.38. The number of benzene rings is 1. The van der Waals surface area contributed by atoms with Crippen LogP contribution in [-0.4, -0.2) is 12.1 Å². The highest BCUT2D eigenvalue weighted by Crippen LogP contribution is 2.29. The van der Waals surface area contributed by atoms with Crippen LogP contribution in [0.3, 0.4) is 0 Å². The van der Waals surface area contributed by atoms with Gasteiger partial charge in [-0.15, -0.1) is 0 Å². The van der Waals surface area contributed by atoms with E-state index in [1.807, 2.05) is 38.1 Å². The molecule has 1 atom stereocenters. The second-order valence-corrected chi connectivity index (χ2v) is 4.43. The molecule has 18 heavy (non-hydrogen) atoms. The molecule has 0 saturated heterocycles. The second-order valence-electron chi connectivity index (χ2n) is 4.43. The molecule has 0 aliphatic rings. The first-order valence-electron chi connectivity index (χ1n) is 5.95. The molecule has 0 aliphatic carbocycles. The van der Waals surface area contributed by atoms with Crippen LogP contribution >= 0.6 is 0 Å². The molecule has 2 N–H and O–H groups in total. The number of hydrogen-bond donors (Lipinski definition) is 1. The van der Waals surface area contributed by atoms with Gasteiger partial charge >= 0.3 is 0 Å². The van der Waals surface area contributed by atoms with Gasteiger partial charge in [0.2, 0.25) is 0 Å². The molecule has 0 bridgehead atoms. The van der Waals surface area contributed by atoms with Crippen LogP contribution in [-0.2, 0) is 0 Å². The van der Waals surface area contributed by atoms with E-state index in [4.69, 9.17) is 10.5 Å². The molecule has 2 aromatic rings. The second kappa shape index (κ2) is 5.19. The highest BCUT2D eigenvalue weighted by Gasteiger charge is 2.16. The van der Waals surface area contributed by atoms with Crippen LogP contribution in [0, 0.1) is 13.8 Å². The topological polar surface area (TPSA) is 48.1 Å². The first-order valence-corrected chi connectivity index (χ1v) is 5.95. The zero-order valence-corrected chi connectivity index (χ0v) is 11.0. The zero-order chi connectivity index (χ0) is 13.1. The van der Waals surface area contributed by atoms with Crippen molar-refractivity contribution in [2.24, 2.45) is 5.73 Å². The molecule has 94 valence electrons. The van der Waals surface area contributed by atoms with Gasteiger partial charge in [-0.2, -0.15) is 0 Å². The smallest absolute Gasteiger partial charge is 0.124 e. The van der Waals surface area contributed by atoms with Gasteiger partial charge in [-0.3, -0.25) is 4.98 Å². The van der Waals surface area contributed by atoms with Crippen molar-refractivity contribution in [1.29, 1.82) is 0 Å². The van der Waals surface area contributed by atoms with Gasteiger partial charge in [0.25, 0.3) is 0 Å². The number of methoxy groups -OCH3 is 1. The third-order valence-corrected chi connectivity index (χ3v) is 3.06. The summed E-state index contributed by atoms with van der Waals surface area (Å²) in [6.45, 7) is 4.06. The third kappa shape index (κ3) is 2.36. The Labute approximate surface area is 108 Å². The lowest BCUT2D eigenvalue weighted by molar-refractivity contribution is 0.407. The van der Waals surface area contributed by atoms with E-state index in [2.05, 4.69) is 11.1 Å². The molecule has 1 heterocycles. The Bertz CT molecular complexity index is 552. The van der Waals surface area contributed by atoms with Crippen molar-refractivity contribution in [2.45, 2.75) is 19.9 Å². The monoisotopic (exact) mass is 242 g/mol. The molecule has 0 saturated carbocycles. The van der Waals surface area contributed by atoms with Crippen LogP contribution in [0.25, 0.3) is 0 Å². The summed E-state index contributed by atoms with van der Waals surface area (Å²) in [5.74, 6) is 0.804. The summed E-state index contributed by atoms with van der Waals surface area (Å²) in [5, 5.41) is 0. The molecule has 1 unspecified atom stereocenters. The Morgan fingerprint density at radius 3 is 2.67 bits per heavy atom. The lowest BCUT2D eigenvalue weighted by atomic mass is 9.98.